The average Bonchev–Trinajstić information content (AvgIpc) is 2.54. The Balaban J connectivity index is 1.93. The van der Waals surface area contributed by atoms with Crippen molar-refractivity contribution >= 4 is 11.9 Å². The summed E-state index contributed by atoms with van der Waals surface area (Å²) in [6.07, 6.45) is 0. The number of hydrogen-bond acceptors (Lipinski definition) is 6. The fourth-order valence-electron chi connectivity index (χ4n) is 2.09. The highest BCUT2D eigenvalue weighted by molar-refractivity contribution is 5.68. The van der Waals surface area contributed by atoms with E-state index in [1.54, 1.807) is 12.1 Å². The van der Waals surface area contributed by atoms with E-state index in [4.69, 9.17) is 16.7 Å². The number of nitrogen functional groups attached to an aromatic ring is 2. The maximum Gasteiger partial charge on any atom is 0.225 e. The quantitative estimate of drug-likeness (QED) is 0.747. The molecule has 4 N–H and O–H groups in total. The summed E-state index contributed by atoms with van der Waals surface area (Å²) in [6, 6.07) is 17.2. The van der Waals surface area contributed by atoms with Gasteiger partial charge in [0.2, 0.25) is 11.9 Å². The Bertz CT molecular complexity index is 827. The first-order valence-electron chi connectivity index (χ1n) is 6.54. The molecule has 3 aromatic rings. The molecule has 0 radical (unpaired) electrons. The standard InChI is InChI=1S/C16H12N6/c17-9-10-1-3-11(4-2-10)12-5-7-13(8-6-12)14-20-15(18)22-16(19)21-14/h1-8H,(H4,18,19,20,21,22). The SMILES string of the molecule is N#Cc1ccc(-c2ccc(-c3nc(N)nc(N)n3)cc2)cc1. The van der Waals surface area contributed by atoms with Crippen molar-refractivity contribution in [3.05, 3.63) is 54.1 Å². The molecule has 2 aromatic carbocycles. The van der Waals surface area contributed by atoms with Crippen molar-refractivity contribution in [1.29, 1.82) is 5.26 Å². The normalized spacial score (nSPS) is 10.1. The van der Waals surface area contributed by atoms with Gasteiger partial charge in [-0.1, -0.05) is 36.4 Å². The summed E-state index contributed by atoms with van der Waals surface area (Å²) in [5.74, 6) is 0.633. The van der Waals surface area contributed by atoms with Crippen LogP contribution in [0.4, 0.5) is 11.9 Å². The lowest BCUT2D eigenvalue weighted by molar-refractivity contribution is 1.09. The van der Waals surface area contributed by atoms with Gasteiger partial charge < -0.3 is 11.5 Å². The zero-order valence-electron chi connectivity index (χ0n) is 11.6. The van der Waals surface area contributed by atoms with Crippen LogP contribution in [0.2, 0.25) is 0 Å². The molecule has 0 aliphatic heterocycles. The number of anilines is 2. The maximum atomic E-state index is 8.82. The summed E-state index contributed by atoms with van der Waals surface area (Å²) in [5.41, 5.74) is 14.7. The van der Waals surface area contributed by atoms with E-state index in [1.165, 1.54) is 0 Å². The Morgan fingerprint density at radius 1 is 0.682 bits per heavy atom. The van der Waals surface area contributed by atoms with Crippen LogP contribution in [-0.4, -0.2) is 15.0 Å². The molecule has 6 nitrogen and oxygen atoms in total. The third-order valence-electron chi connectivity index (χ3n) is 3.16. The van der Waals surface area contributed by atoms with Crippen molar-refractivity contribution < 1.29 is 0 Å². The predicted octanol–water partition coefficient (Wildman–Crippen LogP) is 2.24. The van der Waals surface area contributed by atoms with E-state index in [1.807, 2.05) is 36.4 Å². The molecule has 0 bridgehead atoms. The Hall–Kier alpha value is -3.46. The second-order valence-corrected chi connectivity index (χ2v) is 4.64. The molecule has 0 unspecified atom stereocenters. The van der Waals surface area contributed by atoms with Gasteiger partial charge in [0, 0.05) is 5.56 Å². The van der Waals surface area contributed by atoms with Crippen molar-refractivity contribution in [2.24, 2.45) is 0 Å². The minimum atomic E-state index is 0.0960. The van der Waals surface area contributed by atoms with Crippen molar-refractivity contribution in [2.75, 3.05) is 11.5 Å². The monoisotopic (exact) mass is 288 g/mol. The van der Waals surface area contributed by atoms with E-state index < -0.39 is 0 Å². The lowest BCUT2D eigenvalue weighted by Gasteiger charge is -2.05. The van der Waals surface area contributed by atoms with Gasteiger partial charge in [-0.15, -0.1) is 0 Å². The molecule has 22 heavy (non-hydrogen) atoms. The highest BCUT2D eigenvalue weighted by atomic mass is 15.1. The first-order valence-corrected chi connectivity index (χ1v) is 6.54. The molecule has 0 aliphatic carbocycles. The summed E-state index contributed by atoms with van der Waals surface area (Å²) in [6.45, 7) is 0. The first-order chi connectivity index (χ1) is 10.7. The topological polar surface area (TPSA) is 114 Å². The molecule has 1 heterocycles. The largest absolute Gasteiger partial charge is 0.368 e. The molecule has 0 fully saturated rings. The molecule has 0 amide bonds. The lowest BCUT2D eigenvalue weighted by Crippen LogP contribution is -2.04. The minimum absolute atomic E-state index is 0.0960. The number of nitriles is 1. The van der Waals surface area contributed by atoms with E-state index in [9.17, 15) is 0 Å². The third-order valence-corrected chi connectivity index (χ3v) is 3.16. The van der Waals surface area contributed by atoms with Crippen LogP contribution in [0, 0.1) is 11.3 Å². The van der Waals surface area contributed by atoms with Crippen LogP contribution in [0.25, 0.3) is 22.5 Å². The smallest absolute Gasteiger partial charge is 0.225 e. The van der Waals surface area contributed by atoms with E-state index in [2.05, 4.69) is 21.0 Å². The van der Waals surface area contributed by atoms with Gasteiger partial charge in [-0.2, -0.15) is 20.2 Å². The highest BCUT2D eigenvalue weighted by Crippen LogP contribution is 2.23. The number of nitrogens with zero attached hydrogens (tertiary/aromatic N) is 4. The number of benzene rings is 2. The first kappa shape index (κ1) is 13.5. The van der Waals surface area contributed by atoms with Crippen molar-refractivity contribution in [2.45, 2.75) is 0 Å². The van der Waals surface area contributed by atoms with E-state index in [0.717, 1.165) is 16.7 Å². The molecular formula is C16H12N6. The van der Waals surface area contributed by atoms with Gasteiger partial charge in [0.1, 0.15) is 0 Å². The summed E-state index contributed by atoms with van der Waals surface area (Å²) < 4.78 is 0. The number of nitrogens with two attached hydrogens (primary N) is 2. The summed E-state index contributed by atoms with van der Waals surface area (Å²) in [7, 11) is 0. The van der Waals surface area contributed by atoms with E-state index >= 15 is 0 Å². The number of rotatable bonds is 2. The molecule has 6 heteroatoms. The highest BCUT2D eigenvalue weighted by Gasteiger charge is 2.05. The van der Waals surface area contributed by atoms with Crippen LogP contribution in [0.5, 0.6) is 0 Å². The maximum absolute atomic E-state index is 8.82. The fraction of sp³-hybridized carbons (Fsp3) is 0. The molecule has 0 saturated heterocycles. The molecule has 0 saturated carbocycles. The lowest BCUT2D eigenvalue weighted by atomic mass is 10.0. The Morgan fingerprint density at radius 3 is 1.64 bits per heavy atom. The number of hydrogen-bond donors (Lipinski definition) is 2. The van der Waals surface area contributed by atoms with Gasteiger partial charge in [0.05, 0.1) is 11.6 Å². The molecule has 0 spiro atoms. The predicted molar refractivity (Wildman–Crippen MR) is 84.2 cm³/mol. The molecule has 0 atom stereocenters. The second-order valence-electron chi connectivity index (χ2n) is 4.64. The van der Waals surface area contributed by atoms with Crippen molar-refractivity contribution in [3.63, 3.8) is 0 Å². The minimum Gasteiger partial charge on any atom is -0.368 e. The van der Waals surface area contributed by atoms with Crippen LogP contribution in [0.3, 0.4) is 0 Å². The van der Waals surface area contributed by atoms with Gasteiger partial charge in [0.15, 0.2) is 5.82 Å². The summed E-state index contributed by atoms with van der Waals surface area (Å²) >= 11 is 0. The second kappa shape index (κ2) is 5.50. The molecule has 3 rings (SSSR count). The van der Waals surface area contributed by atoms with Crippen molar-refractivity contribution in [3.8, 4) is 28.6 Å². The third kappa shape index (κ3) is 2.69. The van der Waals surface area contributed by atoms with Gasteiger partial charge >= 0.3 is 0 Å². The molecular weight excluding hydrogens is 276 g/mol. The van der Waals surface area contributed by atoms with E-state index in [-0.39, 0.29) is 11.9 Å². The van der Waals surface area contributed by atoms with Crippen molar-refractivity contribution in [1.82, 2.24) is 15.0 Å². The molecule has 0 aliphatic rings. The van der Waals surface area contributed by atoms with Gasteiger partial charge in [-0.05, 0) is 23.3 Å². The molecule has 106 valence electrons. The van der Waals surface area contributed by atoms with Crippen LogP contribution < -0.4 is 11.5 Å². The van der Waals surface area contributed by atoms with E-state index in [0.29, 0.717) is 11.4 Å². The van der Waals surface area contributed by atoms with Gasteiger partial charge in [-0.3, -0.25) is 0 Å². The van der Waals surface area contributed by atoms with Crippen LogP contribution >= 0.6 is 0 Å². The zero-order valence-corrected chi connectivity index (χ0v) is 11.6. The van der Waals surface area contributed by atoms with Gasteiger partial charge in [-0.25, -0.2) is 0 Å². The molecule has 1 aromatic heterocycles. The number of aromatic nitrogens is 3. The zero-order chi connectivity index (χ0) is 15.5. The average molecular weight is 288 g/mol. The Labute approximate surface area is 127 Å². The Kier molecular flexibility index (Phi) is 3.38. The fourth-order valence-corrected chi connectivity index (χ4v) is 2.09. The van der Waals surface area contributed by atoms with Crippen LogP contribution in [0.15, 0.2) is 48.5 Å². The van der Waals surface area contributed by atoms with Gasteiger partial charge in [0.25, 0.3) is 0 Å². The Morgan fingerprint density at radius 2 is 1.14 bits per heavy atom. The van der Waals surface area contributed by atoms with Crippen LogP contribution in [-0.2, 0) is 0 Å². The summed E-state index contributed by atoms with van der Waals surface area (Å²) in [4.78, 5) is 11.9. The van der Waals surface area contributed by atoms with Crippen LogP contribution in [0.1, 0.15) is 5.56 Å². The summed E-state index contributed by atoms with van der Waals surface area (Å²) in [5, 5.41) is 8.82.